The van der Waals surface area contributed by atoms with E-state index in [9.17, 15) is 9.90 Å². The molecule has 7 aromatic rings. The number of halogens is 3. The fourth-order valence-electron chi connectivity index (χ4n) is 6.32. The quantitative estimate of drug-likeness (QED) is 0.107. The number of rotatable bonds is 3. The van der Waals surface area contributed by atoms with E-state index in [2.05, 4.69) is 32.9 Å². The van der Waals surface area contributed by atoms with Gasteiger partial charge in [0.25, 0.3) is 5.69 Å². The molecule has 0 saturated carbocycles. The Morgan fingerprint density at radius 3 is 2.02 bits per heavy atom. The van der Waals surface area contributed by atoms with Gasteiger partial charge < -0.3 is 34.8 Å². The molecular weight excluding hydrogens is 788 g/mol. The molecule has 5 heterocycles. The van der Waals surface area contributed by atoms with Gasteiger partial charge in [0.05, 0.1) is 32.9 Å². The Hall–Kier alpha value is -5.17. The minimum Gasteiger partial charge on any atom is -0.479 e. The van der Waals surface area contributed by atoms with Crippen molar-refractivity contribution in [1.29, 1.82) is 0 Å². The van der Waals surface area contributed by atoms with Gasteiger partial charge in [-0.2, -0.15) is 0 Å². The molecule has 0 unspecified atom stereocenters. The van der Waals surface area contributed by atoms with Crippen LogP contribution in [0.3, 0.4) is 0 Å². The second-order valence-electron chi connectivity index (χ2n) is 13.2. The van der Waals surface area contributed by atoms with E-state index in [0.717, 1.165) is 21.9 Å². The second-order valence-corrected chi connectivity index (χ2v) is 14.3. The molecule has 0 spiro atoms. The van der Waals surface area contributed by atoms with E-state index in [-0.39, 0.29) is 65.4 Å². The molecule has 0 saturated heterocycles. The van der Waals surface area contributed by atoms with Crippen LogP contribution in [0, 0.1) is 0 Å². The number of hydrogen-bond donors (Lipinski definition) is 1. The number of carboxylic acid groups (broad SMARTS) is 1. The number of aromatic nitrogens is 9. The van der Waals surface area contributed by atoms with Crippen LogP contribution in [0.1, 0.15) is 26.3 Å². The van der Waals surface area contributed by atoms with Gasteiger partial charge in [-0.05, 0) is 33.9 Å². The molecule has 265 valence electrons. The fourth-order valence-corrected chi connectivity index (χ4v) is 7.20. The number of nitrogens with zero attached hydrogens (tertiary/aromatic N) is 9. The molecule has 0 atom stereocenters. The first-order chi connectivity index (χ1) is 25.0. The summed E-state index contributed by atoms with van der Waals surface area (Å²) in [6.07, 6.45) is 0. The molecule has 0 aliphatic carbocycles. The fraction of sp³-hybridized carbons (Fsp3) is 0.135. The van der Waals surface area contributed by atoms with Crippen molar-refractivity contribution in [3.05, 3.63) is 87.4 Å². The molecule has 8 bridgehead atoms. The average Bonchev–Trinajstić information content (AvgIpc) is 3.85. The number of ether oxygens (including phenoxy) is 1. The molecule has 53 heavy (non-hydrogen) atoms. The van der Waals surface area contributed by atoms with Crippen LogP contribution in [-0.4, -0.2) is 47.8 Å². The van der Waals surface area contributed by atoms with Crippen LogP contribution < -0.4 is 19.5 Å². The molecule has 1 radical (unpaired) electrons. The summed E-state index contributed by atoms with van der Waals surface area (Å²) in [4.78, 5) is 42.3. The first-order valence-electron chi connectivity index (χ1n) is 16.0. The van der Waals surface area contributed by atoms with E-state index in [1.165, 1.54) is 4.80 Å². The van der Waals surface area contributed by atoms with Crippen LogP contribution in [0.4, 0.5) is 0 Å². The number of carbonyl (C=O) groups is 1. The van der Waals surface area contributed by atoms with Crippen molar-refractivity contribution in [2.45, 2.75) is 26.2 Å². The first-order valence-corrected chi connectivity index (χ1v) is 17.1. The summed E-state index contributed by atoms with van der Waals surface area (Å²) in [6.45, 7) is 5.73. The molecule has 3 aromatic heterocycles. The maximum absolute atomic E-state index is 11.4. The summed E-state index contributed by atoms with van der Waals surface area (Å²) in [5.41, 5.74) is 4.79. The van der Waals surface area contributed by atoms with Crippen LogP contribution in [0.5, 0.6) is 5.75 Å². The van der Waals surface area contributed by atoms with Crippen LogP contribution in [0.2, 0.25) is 15.1 Å². The van der Waals surface area contributed by atoms with E-state index in [0.29, 0.717) is 45.6 Å². The van der Waals surface area contributed by atoms with Gasteiger partial charge in [-0.25, -0.2) is 9.78 Å². The van der Waals surface area contributed by atoms with Crippen molar-refractivity contribution in [3.8, 4) is 45.6 Å². The van der Waals surface area contributed by atoms with Crippen molar-refractivity contribution in [2.75, 3.05) is 6.61 Å². The standard InChI is InChI=1S/C37H24Cl3N9O3.Cu/c1-37(2,3)16-12-13-19-21(14-16)33-43-32(19)42-30-17-8-4-5-9-18(17)31(41-30)45-35-24-25(27(39)29(28(40)26(24)38)52-15-23(50)51)36(46-35)48-49-22-11-7-6-10-20(22)34(44-33)47-49;/h4-14H,15H2,1-3H3,(H2,41,42,43,44,45,46,47,48,50,51);/q;+2/p-1. The predicted octanol–water partition coefficient (Wildman–Crippen LogP) is 7.46. The molecule has 4 aromatic carbocycles. The maximum Gasteiger partial charge on any atom is 2.00 e. The third-order valence-corrected chi connectivity index (χ3v) is 10.0. The molecule has 0 amide bonds. The van der Waals surface area contributed by atoms with Crippen molar-refractivity contribution < 1.29 is 36.5 Å². The largest absolute Gasteiger partial charge is 2.00 e. The first kappa shape index (κ1) is 34.9. The van der Waals surface area contributed by atoms with Gasteiger partial charge in [0.2, 0.25) is 0 Å². The topological polar surface area (TPSA) is 156 Å². The van der Waals surface area contributed by atoms with Crippen molar-refractivity contribution >= 4 is 84.9 Å². The SMILES string of the molecule is CC(C)(C)c1ccc2c3nc4nc(nc5[n-]c(n[n+]6nc(nc([n-]3)c2c1)-c1ccccc1-6)c1c(Cl)c(OCC(=O)O)c(Cl)c(Cl)c51)-c1ccccc1-4.[Cu+2]. The molecule has 2 aliphatic rings. The summed E-state index contributed by atoms with van der Waals surface area (Å²) in [7, 11) is 0. The summed E-state index contributed by atoms with van der Waals surface area (Å²) in [5, 5.41) is 20.9. The molecule has 2 aliphatic heterocycles. The van der Waals surface area contributed by atoms with Gasteiger partial charge in [0.15, 0.2) is 18.2 Å². The van der Waals surface area contributed by atoms with E-state index in [4.69, 9.17) is 79.6 Å². The number of carboxylic acids is 1. The Labute approximate surface area is 325 Å². The molecule has 12 nitrogen and oxygen atoms in total. The van der Waals surface area contributed by atoms with Crippen LogP contribution in [0.15, 0.2) is 66.7 Å². The summed E-state index contributed by atoms with van der Waals surface area (Å²) >= 11 is 20.5. The van der Waals surface area contributed by atoms with Crippen LogP contribution in [0.25, 0.3) is 84.0 Å². The predicted molar refractivity (Wildman–Crippen MR) is 197 cm³/mol. The van der Waals surface area contributed by atoms with Crippen LogP contribution >= 0.6 is 34.8 Å². The van der Waals surface area contributed by atoms with Gasteiger partial charge in [0, 0.05) is 54.8 Å². The Morgan fingerprint density at radius 2 is 1.32 bits per heavy atom. The molecule has 0 fully saturated rings. The Morgan fingerprint density at radius 1 is 0.717 bits per heavy atom. The summed E-state index contributed by atoms with van der Waals surface area (Å²) in [5.74, 6) is -0.303. The Bertz CT molecular complexity index is 2890. The molecule has 16 heteroatoms. The second kappa shape index (κ2) is 12.8. The number of hydrogen-bond acceptors (Lipinski definition) is 8. The minimum atomic E-state index is -1.23. The molecule has 1 N–H and O–H groups in total. The third-order valence-electron chi connectivity index (χ3n) is 8.85. The normalized spacial score (nSPS) is 12.0. The smallest absolute Gasteiger partial charge is 0.479 e. The van der Waals surface area contributed by atoms with E-state index >= 15 is 0 Å². The zero-order valence-electron chi connectivity index (χ0n) is 27.8. The van der Waals surface area contributed by atoms with Gasteiger partial charge >= 0.3 is 23.0 Å². The van der Waals surface area contributed by atoms with Crippen molar-refractivity contribution in [1.82, 2.24) is 40.1 Å². The van der Waals surface area contributed by atoms with Gasteiger partial charge in [0.1, 0.15) is 5.02 Å². The molecule has 9 rings (SSSR count). The van der Waals surface area contributed by atoms with Gasteiger partial charge in [-0.3, -0.25) is 0 Å². The van der Waals surface area contributed by atoms with Gasteiger partial charge in [-0.1, -0.05) is 109 Å². The number of fused-ring (bicyclic) bond motifs is 20. The third kappa shape index (κ3) is 5.67. The van der Waals surface area contributed by atoms with Crippen molar-refractivity contribution in [2.24, 2.45) is 0 Å². The van der Waals surface area contributed by atoms with Crippen LogP contribution in [-0.2, 0) is 27.3 Å². The zero-order valence-corrected chi connectivity index (χ0v) is 31.0. The summed E-state index contributed by atoms with van der Waals surface area (Å²) < 4.78 is 5.50. The average molecular weight is 812 g/mol. The molecular formula is C37H23Cl3CuN9O3+. The number of aliphatic carboxylic acids is 1. The Balaban J connectivity index is 0.00000400. The van der Waals surface area contributed by atoms with E-state index < -0.39 is 12.6 Å². The summed E-state index contributed by atoms with van der Waals surface area (Å²) in [6, 6.07) is 21.2. The van der Waals surface area contributed by atoms with E-state index in [1.807, 2.05) is 54.6 Å². The van der Waals surface area contributed by atoms with Crippen molar-refractivity contribution in [3.63, 3.8) is 0 Å². The maximum atomic E-state index is 11.4. The van der Waals surface area contributed by atoms with E-state index in [1.54, 1.807) is 0 Å². The van der Waals surface area contributed by atoms with Gasteiger partial charge in [-0.15, -0.1) is 0 Å². The zero-order chi connectivity index (χ0) is 36.1. The number of para-hydroxylation sites is 1. The Kier molecular flexibility index (Phi) is 8.39. The number of benzene rings is 4. The monoisotopic (exact) mass is 809 g/mol. The minimum absolute atomic E-state index is 0.